The van der Waals surface area contributed by atoms with Crippen molar-refractivity contribution in [2.45, 2.75) is 38.0 Å². The normalized spacial score (nSPS) is 20.3. The van der Waals surface area contributed by atoms with Gasteiger partial charge in [0.1, 0.15) is 11.6 Å². The number of amides is 1. The van der Waals surface area contributed by atoms with E-state index in [0.717, 1.165) is 11.1 Å². The third kappa shape index (κ3) is 3.10. The molecule has 1 aliphatic heterocycles. The minimum Gasteiger partial charge on any atom is -0.467 e. The molecule has 130 valence electrons. The van der Waals surface area contributed by atoms with Gasteiger partial charge in [-0.15, -0.1) is 0 Å². The van der Waals surface area contributed by atoms with Crippen LogP contribution in [0.3, 0.4) is 0 Å². The zero-order valence-electron chi connectivity index (χ0n) is 12.9. The Hall–Kier alpha value is -2.45. The van der Waals surface area contributed by atoms with Crippen LogP contribution >= 0.6 is 0 Å². The van der Waals surface area contributed by atoms with Crippen molar-refractivity contribution in [3.63, 3.8) is 0 Å². The molecule has 0 saturated carbocycles. The number of halogens is 3. The quantitative estimate of drug-likeness (QED) is 0.894. The Morgan fingerprint density at radius 3 is 2.96 bits per heavy atom. The fourth-order valence-corrected chi connectivity index (χ4v) is 2.69. The van der Waals surface area contributed by atoms with Crippen molar-refractivity contribution < 1.29 is 22.4 Å². The second-order valence-corrected chi connectivity index (χ2v) is 5.62. The summed E-state index contributed by atoms with van der Waals surface area (Å²) in [6.07, 6.45) is -2.61. The lowest BCUT2D eigenvalue weighted by Crippen LogP contribution is -2.35. The van der Waals surface area contributed by atoms with Gasteiger partial charge < -0.3 is 15.1 Å². The highest BCUT2D eigenvalue weighted by Crippen LogP contribution is 2.43. The molecule has 24 heavy (non-hydrogen) atoms. The lowest BCUT2D eigenvalue weighted by molar-refractivity contribution is -0.174. The van der Waals surface area contributed by atoms with E-state index in [9.17, 15) is 18.0 Å². The molecule has 0 radical (unpaired) electrons. The molecule has 2 unspecified atom stereocenters. The largest absolute Gasteiger partial charge is 0.467 e. The van der Waals surface area contributed by atoms with Crippen molar-refractivity contribution in [1.29, 1.82) is 0 Å². The summed E-state index contributed by atoms with van der Waals surface area (Å²) in [4.78, 5) is 12.0. The van der Waals surface area contributed by atoms with E-state index in [-0.39, 0.29) is 17.9 Å². The van der Waals surface area contributed by atoms with Crippen molar-refractivity contribution in [3.8, 4) is 0 Å². The number of hydrogen-bond donors (Lipinski definition) is 2. The van der Waals surface area contributed by atoms with Crippen LogP contribution in [-0.4, -0.2) is 28.4 Å². The molecule has 0 aromatic carbocycles. The van der Waals surface area contributed by atoms with Gasteiger partial charge in [-0.1, -0.05) is 6.92 Å². The summed E-state index contributed by atoms with van der Waals surface area (Å²) in [5.41, 5.74) is -0.0414. The summed E-state index contributed by atoms with van der Waals surface area (Å²) in [6, 6.07) is 2.11. The maximum atomic E-state index is 13.4. The Kier molecular flexibility index (Phi) is 4.25. The highest BCUT2D eigenvalue weighted by Gasteiger charge is 2.47. The minimum absolute atomic E-state index is 0.0414. The molecule has 2 aromatic rings. The van der Waals surface area contributed by atoms with E-state index in [4.69, 9.17) is 4.42 Å². The second-order valence-electron chi connectivity index (χ2n) is 5.62. The SMILES string of the molecule is CCCNC(=O)c1cc2n(n1)C(C(F)(F)F)CC(c1ccco1)N2. The first-order chi connectivity index (χ1) is 11.4. The number of rotatable bonds is 4. The van der Waals surface area contributed by atoms with Gasteiger partial charge in [0.2, 0.25) is 0 Å². The number of carbonyl (C=O) groups excluding carboxylic acids is 1. The topological polar surface area (TPSA) is 72.1 Å². The molecule has 2 atom stereocenters. The van der Waals surface area contributed by atoms with Crippen LogP contribution in [-0.2, 0) is 0 Å². The molecule has 0 aliphatic carbocycles. The molecule has 0 fully saturated rings. The number of hydrogen-bond acceptors (Lipinski definition) is 4. The molecule has 2 N–H and O–H groups in total. The van der Waals surface area contributed by atoms with Crippen LogP contribution in [0.15, 0.2) is 28.9 Å². The average molecular weight is 342 g/mol. The molecule has 0 spiro atoms. The van der Waals surface area contributed by atoms with Crippen molar-refractivity contribution >= 4 is 11.7 Å². The first-order valence-corrected chi connectivity index (χ1v) is 7.64. The fourth-order valence-electron chi connectivity index (χ4n) is 2.69. The van der Waals surface area contributed by atoms with Gasteiger partial charge in [0.05, 0.1) is 12.3 Å². The summed E-state index contributed by atoms with van der Waals surface area (Å²) < 4.78 is 46.3. The highest BCUT2D eigenvalue weighted by molar-refractivity contribution is 5.93. The van der Waals surface area contributed by atoms with Gasteiger partial charge in [0.25, 0.3) is 5.91 Å². The van der Waals surface area contributed by atoms with Crippen LogP contribution in [0.2, 0.25) is 0 Å². The molecule has 2 aromatic heterocycles. The first kappa shape index (κ1) is 16.4. The molecule has 3 rings (SSSR count). The van der Waals surface area contributed by atoms with Gasteiger partial charge in [-0.25, -0.2) is 4.68 Å². The number of anilines is 1. The summed E-state index contributed by atoms with van der Waals surface area (Å²) in [7, 11) is 0. The number of furan rings is 1. The Labute approximate surface area is 136 Å². The van der Waals surface area contributed by atoms with E-state index < -0.39 is 24.2 Å². The van der Waals surface area contributed by atoms with E-state index in [2.05, 4.69) is 15.7 Å². The van der Waals surface area contributed by atoms with Crippen molar-refractivity contribution in [2.24, 2.45) is 0 Å². The molecule has 9 heteroatoms. The van der Waals surface area contributed by atoms with Crippen LogP contribution in [0.5, 0.6) is 0 Å². The van der Waals surface area contributed by atoms with Gasteiger partial charge >= 0.3 is 6.18 Å². The predicted octanol–water partition coefficient (Wildman–Crippen LogP) is 3.28. The van der Waals surface area contributed by atoms with E-state index >= 15 is 0 Å². The van der Waals surface area contributed by atoms with Crippen LogP contribution < -0.4 is 10.6 Å². The summed E-state index contributed by atoms with van der Waals surface area (Å²) in [6.45, 7) is 2.32. The number of nitrogens with one attached hydrogen (secondary N) is 2. The third-order valence-corrected chi connectivity index (χ3v) is 3.84. The Morgan fingerprint density at radius 2 is 2.33 bits per heavy atom. The molecule has 3 heterocycles. The van der Waals surface area contributed by atoms with E-state index in [1.807, 2.05) is 6.92 Å². The zero-order valence-corrected chi connectivity index (χ0v) is 12.9. The minimum atomic E-state index is -4.48. The predicted molar refractivity (Wildman–Crippen MR) is 79.6 cm³/mol. The van der Waals surface area contributed by atoms with Crippen molar-refractivity contribution in [1.82, 2.24) is 15.1 Å². The summed E-state index contributed by atoms with van der Waals surface area (Å²) in [5, 5.41) is 9.43. The first-order valence-electron chi connectivity index (χ1n) is 7.64. The standard InChI is InChI=1S/C15H17F3N4O2/c1-2-5-19-14(23)10-8-13-20-9(11-4-3-6-24-11)7-12(15(16,17)18)22(13)21-10/h3-4,6,8-9,12,20H,2,5,7H2,1H3,(H,19,23). The molecule has 6 nitrogen and oxygen atoms in total. The average Bonchev–Trinajstić information content (AvgIpc) is 3.19. The van der Waals surface area contributed by atoms with Crippen molar-refractivity contribution in [2.75, 3.05) is 11.9 Å². The van der Waals surface area contributed by atoms with Crippen LogP contribution in [0.4, 0.5) is 19.0 Å². The lowest BCUT2D eigenvalue weighted by Gasteiger charge is -2.32. The van der Waals surface area contributed by atoms with Crippen LogP contribution in [0.1, 0.15) is 48.1 Å². The number of nitrogens with zero attached hydrogens (tertiary/aromatic N) is 2. The van der Waals surface area contributed by atoms with Crippen LogP contribution in [0, 0.1) is 0 Å². The van der Waals surface area contributed by atoms with E-state index in [0.29, 0.717) is 12.3 Å². The van der Waals surface area contributed by atoms with Gasteiger partial charge in [-0.3, -0.25) is 4.79 Å². The second kappa shape index (κ2) is 6.21. The summed E-state index contributed by atoms with van der Waals surface area (Å²) >= 11 is 0. The highest BCUT2D eigenvalue weighted by atomic mass is 19.4. The smallest absolute Gasteiger partial charge is 0.410 e. The van der Waals surface area contributed by atoms with Gasteiger partial charge in [0, 0.05) is 19.0 Å². The van der Waals surface area contributed by atoms with Gasteiger partial charge in [-0.05, 0) is 18.6 Å². The van der Waals surface area contributed by atoms with Crippen molar-refractivity contribution in [3.05, 3.63) is 35.9 Å². The Morgan fingerprint density at radius 1 is 1.54 bits per heavy atom. The Bertz CT molecular complexity index is 709. The maximum absolute atomic E-state index is 13.4. The van der Waals surface area contributed by atoms with Crippen LogP contribution in [0.25, 0.3) is 0 Å². The molecule has 1 amide bonds. The maximum Gasteiger partial charge on any atom is 0.410 e. The molecular formula is C15H17F3N4O2. The summed E-state index contributed by atoms with van der Waals surface area (Å²) in [5.74, 6) is 0.0660. The number of aromatic nitrogens is 2. The molecule has 0 bridgehead atoms. The molecule has 1 aliphatic rings. The third-order valence-electron chi connectivity index (χ3n) is 3.84. The van der Waals surface area contributed by atoms with Gasteiger partial charge in [-0.2, -0.15) is 18.3 Å². The molecular weight excluding hydrogens is 325 g/mol. The Balaban J connectivity index is 1.93. The zero-order chi connectivity index (χ0) is 17.3. The molecule has 0 saturated heterocycles. The van der Waals surface area contributed by atoms with E-state index in [1.54, 1.807) is 12.1 Å². The lowest BCUT2D eigenvalue weighted by atomic mass is 10.0. The fraction of sp³-hybridized carbons (Fsp3) is 0.467. The number of fused-ring (bicyclic) bond motifs is 1. The van der Waals surface area contributed by atoms with E-state index in [1.165, 1.54) is 12.3 Å². The monoisotopic (exact) mass is 342 g/mol. The van der Waals surface area contributed by atoms with Gasteiger partial charge in [0.15, 0.2) is 11.7 Å². The number of alkyl halides is 3. The number of carbonyl (C=O) groups is 1.